The molecule has 2 aliphatic heterocycles. The highest BCUT2D eigenvalue weighted by molar-refractivity contribution is 6.01. The van der Waals surface area contributed by atoms with Crippen molar-refractivity contribution in [2.45, 2.75) is 39.2 Å². The van der Waals surface area contributed by atoms with Crippen molar-refractivity contribution in [2.75, 3.05) is 39.3 Å². The Morgan fingerprint density at radius 3 is 2.15 bits per heavy atom. The van der Waals surface area contributed by atoms with Crippen LogP contribution in [0.15, 0.2) is 48.7 Å². The summed E-state index contributed by atoms with van der Waals surface area (Å²) in [6.07, 6.45) is 5.00. The van der Waals surface area contributed by atoms with Crippen molar-refractivity contribution >= 4 is 17.3 Å². The van der Waals surface area contributed by atoms with Crippen LogP contribution < -0.4 is 0 Å². The van der Waals surface area contributed by atoms with Gasteiger partial charge in [-0.05, 0) is 57.4 Å². The Kier molecular flexibility index (Phi) is 6.37. The zero-order valence-corrected chi connectivity index (χ0v) is 20.1. The number of hydrogen-bond donors (Lipinski definition) is 0. The molecule has 2 amide bonds. The molecule has 4 heterocycles. The molecule has 0 atom stereocenters. The number of nitrogens with zero attached hydrogens (tertiary/aromatic N) is 5. The third-order valence-electron chi connectivity index (χ3n) is 7.18. The SMILES string of the molecule is CC(C)N1CCN(C(=O)c2ccc(-c3cccc4c(C(=O)N5CCCCC5)cnn34)cc2)CC1. The maximum absolute atomic E-state index is 13.1. The first-order valence-electron chi connectivity index (χ1n) is 12.4. The van der Waals surface area contributed by atoms with Gasteiger partial charge in [-0.1, -0.05) is 18.2 Å². The van der Waals surface area contributed by atoms with Crippen LogP contribution in [0.5, 0.6) is 0 Å². The number of carbonyl (C=O) groups is 2. The fourth-order valence-electron chi connectivity index (χ4n) is 5.07. The lowest BCUT2D eigenvalue weighted by molar-refractivity contribution is 0.0595. The van der Waals surface area contributed by atoms with Gasteiger partial charge in [0.25, 0.3) is 11.8 Å². The molecule has 3 aromatic rings. The summed E-state index contributed by atoms with van der Waals surface area (Å²) in [6, 6.07) is 14.2. The second kappa shape index (κ2) is 9.58. The predicted octanol–water partition coefficient (Wildman–Crippen LogP) is 3.79. The highest BCUT2D eigenvalue weighted by Gasteiger charge is 2.24. The van der Waals surface area contributed by atoms with E-state index < -0.39 is 0 Å². The van der Waals surface area contributed by atoms with Gasteiger partial charge < -0.3 is 9.80 Å². The minimum absolute atomic E-state index is 0.0605. The van der Waals surface area contributed by atoms with Crippen molar-refractivity contribution in [3.05, 3.63) is 59.8 Å². The number of pyridine rings is 1. The summed E-state index contributed by atoms with van der Waals surface area (Å²) >= 11 is 0. The Balaban J connectivity index is 1.35. The molecule has 178 valence electrons. The summed E-state index contributed by atoms with van der Waals surface area (Å²) in [5.74, 6) is 0.145. The summed E-state index contributed by atoms with van der Waals surface area (Å²) in [5.41, 5.74) is 4.04. The molecule has 5 rings (SSSR count). The summed E-state index contributed by atoms with van der Waals surface area (Å²) in [4.78, 5) is 32.4. The number of likely N-dealkylation sites (tertiary alicyclic amines) is 1. The summed E-state index contributed by atoms with van der Waals surface area (Å²) in [5, 5.41) is 4.55. The Morgan fingerprint density at radius 1 is 0.794 bits per heavy atom. The van der Waals surface area contributed by atoms with Crippen LogP contribution in [0, 0.1) is 0 Å². The van der Waals surface area contributed by atoms with Crippen molar-refractivity contribution in [1.29, 1.82) is 0 Å². The summed E-state index contributed by atoms with van der Waals surface area (Å²) < 4.78 is 1.83. The molecule has 2 saturated heterocycles. The van der Waals surface area contributed by atoms with Gasteiger partial charge in [-0.3, -0.25) is 14.5 Å². The van der Waals surface area contributed by atoms with Crippen molar-refractivity contribution in [1.82, 2.24) is 24.3 Å². The van der Waals surface area contributed by atoms with Gasteiger partial charge in [0.15, 0.2) is 0 Å². The Bertz CT molecular complexity index is 1170. The van der Waals surface area contributed by atoms with Crippen LogP contribution in [-0.2, 0) is 0 Å². The molecule has 7 heteroatoms. The minimum Gasteiger partial charge on any atom is -0.339 e. The van der Waals surface area contributed by atoms with E-state index in [0.717, 1.165) is 68.9 Å². The fraction of sp³-hybridized carbons (Fsp3) is 0.444. The monoisotopic (exact) mass is 459 g/mol. The first kappa shape index (κ1) is 22.6. The van der Waals surface area contributed by atoms with Gasteiger partial charge in [0, 0.05) is 56.4 Å². The quantitative estimate of drug-likeness (QED) is 0.596. The van der Waals surface area contributed by atoms with Gasteiger partial charge in [0.05, 0.1) is 23.0 Å². The molecule has 0 bridgehead atoms. The van der Waals surface area contributed by atoms with Gasteiger partial charge >= 0.3 is 0 Å². The van der Waals surface area contributed by atoms with E-state index in [-0.39, 0.29) is 11.8 Å². The number of piperidine rings is 1. The highest BCUT2D eigenvalue weighted by atomic mass is 16.2. The Hall–Kier alpha value is -3.19. The zero-order valence-electron chi connectivity index (χ0n) is 20.1. The predicted molar refractivity (Wildman–Crippen MR) is 133 cm³/mol. The number of benzene rings is 1. The normalized spacial score (nSPS) is 17.5. The van der Waals surface area contributed by atoms with Gasteiger partial charge in [-0.25, -0.2) is 4.52 Å². The largest absolute Gasteiger partial charge is 0.339 e. The average Bonchev–Trinajstić information content (AvgIpc) is 3.33. The number of amides is 2. The maximum Gasteiger partial charge on any atom is 0.257 e. The van der Waals surface area contributed by atoms with Crippen molar-refractivity contribution < 1.29 is 9.59 Å². The van der Waals surface area contributed by atoms with Gasteiger partial charge in [0.2, 0.25) is 0 Å². The molecule has 1 aromatic carbocycles. The van der Waals surface area contributed by atoms with Gasteiger partial charge in [-0.15, -0.1) is 0 Å². The minimum atomic E-state index is 0.0605. The molecule has 0 unspecified atom stereocenters. The van der Waals surface area contributed by atoms with Crippen LogP contribution in [0.3, 0.4) is 0 Å². The number of fused-ring (bicyclic) bond motifs is 1. The van der Waals surface area contributed by atoms with Crippen LogP contribution in [0.25, 0.3) is 16.8 Å². The number of aromatic nitrogens is 2. The topological polar surface area (TPSA) is 61.2 Å². The fourth-order valence-corrected chi connectivity index (χ4v) is 5.07. The van der Waals surface area contributed by atoms with Gasteiger partial charge in [-0.2, -0.15) is 5.10 Å². The number of rotatable bonds is 4. The van der Waals surface area contributed by atoms with Crippen molar-refractivity contribution in [3.63, 3.8) is 0 Å². The van der Waals surface area contributed by atoms with E-state index >= 15 is 0 Å². The maximum atomic E-state index is 13.1. The van der Waals surface area contributed by atoms with Crippen LogP contribution in [-0.4, -0.2) is 81.4 Å². The number of carbonyl (C=O) groups excluding carboxylic acids is 2. The Morgan fingerprint density at radius 2 is 1.47 bits per heavy atom. The molecule has 0 radical (unpaired) electrons. The molecule has 2 aromatic heterocycles. The lowest BCUT2D eigenvalue weighted by Gasteiger charge is -2.37. The van der Waals surface area contributed by atoms with E-state index in [1.165, 1.54) is 6.42 Å². The van der Waals surface area contributed by atoms with Crippen LogP contribution in [0.1, 0.15) is 53.8 Å². The van der Waals surface area contributed by atoms with Crippen molar-refractivity contribution in [2.24, 2.45) is 0 Å². The molecular weight excluding hydrogens is 426 g/mol. The molecule has 0 saturated carbocycles. The lowest BCUT2D eigenvalue weighted by atomic mass is 10.1. The third-order valence-corrected chi connectivity index (χ3v) is 7.18. The van der Waals surface area contributed by atoms with Crippen LogP contribution >= 0.6 is 0 Å². The summed E-state index contributed by atoms with van der Waals surface area (Å²) in [7, 11) is 0. The van der Waals surface area contributed by atoms with Crippen LogP contribution in [0.2, 0.25) is 0 Å². The smallest absolute Gasteiger partial charge is 0.257 e. The molecule has 2 fully saturated rings. The highest BCUT2D eigenvalue weighted by Crippen LogP contribution is 2.25. The van der Waals surface area contributed by atoms with E-state index in [1.54, 1.807) is 6.20 Å². The first-order valence-corrected chi connectivity index (χ1v) is 12.4. The molecule has 2 aliphatic rings. The lowest BCUT2D eigenvalue weighted by Crippen LogP contribution is -2.50. The van der Waals surface area contributed by atoms with E-state index in [0.29, 0.717) is 17.2 Å². The molecule has 34 heavy (non-hydrogen) atoms. The second-order valence-corrected chi connectivity index (χ2v) is 9.62. The third kappa shape index (κ3) is 4.32. The molecular formula is C27H33N5O2. The van der Waals surface area contributed by atoms with Gasteiger partial charge in [0.1, 0.15) is 0 Å². The van der Waals surface area contributed by atoms with E-state index in [9.17, 15) is 9.59 Å². The van der Waals surface area contributed by atoms with Crippen LogP contribution in [0.4, 0.5) is 0 Å². The zero-order chi connectivity index (χ0) is 23.7. The molecule has 0 spiro atoms. The Labute approximate surface area is 200 Å². The van der Waals surface area contributed by atoms with E-state index in [2.05, 4.69) is 23.8 Å². The summed E-state index contributed by atoms with van der Waals surface area (Å²) in [6.45, 7) is 9.39. The van der Waals surface area contributed by atoms with E-state index in [4.69, 9.17) is 0 Å². The first-order chi connectivity index (χ1) is 16.5. The standard InChI is InChI=1S/C27H33N5O2/c1-20(2)29-15-17-31(18-16-29)26(33)22-11-9-21(10-12-22)24-7-6-8-25-23(19-28-32(24)25)27(34)30-13-4-3-5-14-30/h6-12,19-20H,3-5,13-18H2,1-2H3. The van der Waals surface area contributed by atoms with Crippen molar-refractivity contribution in [3.8, 4) is 11.3 Å². The molecule has 0 N–H and O–H groups in total. The second-order valence-electron chi connectivity index (χ2n) is 9.62. The number of piperazine rings is 1. The van der Waals surface area contributed by atoms with E-state index in [1.807, 2.05) is 56.8 Å². The molecule has 7 nitrogen and oxygen atoms in total. The molecule has 0 aliphatic carbocycles. The average molecular weight is 460 g/mol. The number of hydrogen-bond acceptors (Lipinski definition) is 4.